The summed E-state index contributed by atoms with van der Waals surface area (Å²) in [5, 5.41) is 12.2. The Bertz CT molecular complexity index is 389. The van der Waals surface area contributed by atoms with Crippen molar-refractivity contribution in [3.8, 4) is 6.07 Å². The van der Waals surface area contributed by atoms with Gasteiger partial charge in [-0.15, -0.1) is 0 Å². The van der Waals surface area contributed by atoms with Crippen LogP contribution in [0.2, 0.25) is 0 Å². The molecule has 78 valence electrons. The highest BCUT2D eigenvalue weighted by atomic mass is 19.1. The average Bonchev–Trinajstić information content (AvgIpc) is 2.71. The smallest absolute Gasteiger partial charge is 0.146 e. The fraction of sp³-hybridized carbons (Fsp3) is 0.417. The molecule has 1 aromatic carbocycles. The zero-order valence-electron chi connectivity index (χ0n) is 8.46. The van der Waals surface area contributed by atoms with Crippen molar-refractivity contribution in [1.82, 2.24) is 0 Å². The summed E-state index contributed by atoms with van der Waals surface area (Å²) in [4.78, 5) is 0. The lowest BCUT2D eigenvalue weighted by molar-refractivity contribution is 0.588. The molecule has 0 aliphatic heterocycles. The number of benzene rings is 1. The van der Waals surface area contributed by atoms with E-state index >= 15 is 0 Å². The molecular formula is C12H13FN2. The number of rotatable bonds is 2. The number of anilines is 1. The fourth-order valence-corrected chi connectivity index (χ4v) is 2.06. The Balaban J connectivity index is 2.21. The predicted molar refractivity (Wildman–Crippen MR) is 56.8 cm³/mol. The second-order valence-corrected chi connectivity index (χ2v) is 4.01. The van der Waals surface area contributed by atoms with E-state index in [1.54, 1.807) is 18.2 Å². The van der Waals surface area contributed by atoms with Crippen molar-refractivity contribution in [2.75, 3.05) is 5.32 Å². The molecule has 0 amide bonds. The molecule has 0 aromatic heterocycles. The van der Waals surface area contributed by atoms with Gasteiger partial charge in [0.05, 0.1) is 11.8 Å². The highest BCUT2D eigenvalue weighted by Gasteiger charge is 2.34. The fourth-order valence-electron chi connectivity index (χ4n) is 2.06. The van der Waals surface area contributed by atoms with Crippen LogP contribution < -0.4 is 5.32 Å². The maximum absolute atomic E-state index is 13.4. The van der Waals surface area contributed by atoms with Crippen LogP contribution in [0.15, 0.2) is 24.3 Å². The van der Waals surface area contributed by atoms with E-state index < -0.39 is 5.54 Å². The topological polar surface area (TPSA) is 35.8 Å². The molecule has 0 radical (unpaired) electrons. The van der Waals surface area contributed by atoms with E-state index in [0.717, 1.165) is 25.7 Å². The highest BCUT2D eigenvalue weighted by Crippen LogP contribution is 2.33. The lowest BCUT2D eigenvalue weighted by atomic mass is 9.99. The minimum atomic E-state index is -0.553. The third kappa shape index (κ3) is 1.94. The summed E-state index contributed by atoms with van der Waals surface area (Å²) in [7, 11) is 0. The summed E-state index contributed by atoms with van der Waals surface area (Å²) in [5.74, 6) is -0.293. The maximum Gasteiger partial charge on any atom is 0.146 e. The Hall–Kier alpha value is -1.56. The summed E-state index contributed by atoms with van der Waals surface area (Å²) < 4.78 is 13.4. The third-order valence-electron chi connectivity index (χ3n) is 2.92. The van der Waals surface area contributed by atoms with E-state index in [4.69, 9.17) is 5.26 Å². The summed E-state index contributed by atoms with van der Waals surface area (Å²) >= 11 is 0. The molecule has 1 aliphatic carbocycles. The monoisotopic (exact) mass is 204 g/mol. The van der Waals surface area contributed by atoms with Crippen LogP contribution in [0.25, 0.3) is 0 Å². The Morgan fingerprint density at radius 1 is 1.27 bits per heavy atom. The number of nitrogens with zero attached hydrogens (tertiary/aromatic N) is 1. The molecule has 2 rings (SSSR count). The van der Waals surface area contributed by atoms with E-state index in [1.165, 1.54) is 6.07 Å². The van der Waals surface area contributed by atoms with Crippen LogP contribution >= 0.6 is 0 Å². The number of para-hydroxylation sites is 1. The van der Waals surface area contributed by atoms with E-state index in [1.807, 2.05) is 0 Å². The van der Waals surface area contributed by atoms with E-state index in [0.29, 0.717) is 5.69 Å². The van der Waals surface area contributed by atoms with Gasteiger partial charge in [-0.1, -0.05) is 12.1 Å². The maximum atomic E-state index is 13.4. The number of hydrogen-bond donors (Lipinski definition) is 1. The first-order valence-corrected chi connectivity index (χ1v) is 5.20. The molecule has 1 aromatic rings. The molecule has 2 nitrogen and oxygen atoms in total. The zero-order chi connectivity index (χ0) is 10.7. The molecule has 3 heteroatoms. The molecule has 0 heterocycles. The lowest BCUT2D eigenvalue weighted by Gasteiger charge is -2.23. The van der Waals surface area contributed by atoms with Crippen molar-refractivity contribution in [3.05, 3.63) is 30.1 Å². The summed E-state index contributed by atoms with van der Waals surface area (Å²) in [6, 6.07) is 8.77. The van der Waals surface area contributed by atoms with Gasteiger partial charge in [0.2, 0.25) is 0 Å². The molecule has 1 aliphatic rings. The van der Waals surface area contributed by atoms with Gasteiger partial charge in [-0.05, 0) is 37.8 Å². The van der Waals surface area contributed by atoms with E-state index in [-0.39, 0.29) is 5.82 Å². The van der Waals surface area contributed by atoms with Gasteiger partial charge in [-0.25, -0.2) is 4.39 Å². The molecule has 0 unspecified atom stereocenters. The second kappa shape index (κ2) is 3.90. The largest absolute Gasteiger partial charge is 0.365 e. The average molecular weight is 204 g/mol. The molecule has 0 spiro atoms. The molecule has 0 saturated heterocycles. The first kappa shape index (κ1) is 9.97. The SMILES string of the molecule is N#CC1(Nc2ccccc2F)CCCC1. The normalized spacial score (nSPS) is 18.4. The van der Waals surface area contributed by atoms with Crippen LogP contribution in [0.3, 0.4) is 0 Å². The number of hydrogen-bond acceptors (Lipinski definition) is 2. The standard InChI is InChI=1S/C12H13FN2/c13-10-5-1-2-6-11(10)15-12(9-14)7-3-4-8-12/h1-2,5-6,15H,3-4,7-8H2. The predicted octanol–water partition coefficient (Wildman–Crippen LogP) is 3.07. The Morgan fingerprint density at radius 3 is 2.53 bits per heavy atom. The van der Waals surface area contributed by atoms with Gasteiger partial charge in [0.25, 0.3) is 0 Å². The van der Waals surface area contributed by atoms with E-state index in [2.05, 4.69) is 11.4 Å². The van der Waals surface area contributed by atoms with Gasteiger partial charge in [0, 0.05) is 0 Å². The van der Waals surface area contributed by atoms with Crippen LogP contribution in [0.1, 0.15) is 25.7 Å². The van der Waals surface area contributed by atoms with Gasteiger partial charge in [-0.2, -0.15) is 5.26 Å². The van der Waals surface area contributed by atoms with Gasteiger partial charge in [0.15, 0.2) is 0 Å². The van der Waals surface area contributed by atoms with Crippen molar-refractivity contribution in [2.45, 2.75) is 31.2 Å². The first-order valence-electron chi connectivity index (χ1n) is 5.20. The zero-order valence-corrected chi connectivity index (χ0v) is 8.46. The minimum Gasteiger partial charge on any atom is -0.365 e. The number of nitriles is 1. The summed E-state index contributed by atoms with van der Waals surface area (Å²) in [5.41, 5.74) is -0.122. The molecule has 0 bridgehead atoms. The Labute approximate surface area is 88.7 Å². The van der Waals surface area contributed by atoms with Crippen LogP contribution in [-0.4, -0.2) is 5.54 Å². The van der Waals surface area contributed by atoms with Crippen molar-refractivity contribution < 1.29 is 4.39 Å². The second-order valence-electron chi connectivity index (χ2n) is 4.01. The Kier molecular flexibility index (Phi) is 2.59. The van der Waals surface area contributed by atoms with E-state index in [9.17, 15) is 4.39 Å². The molecule has 0 atom stereocenters. The van der Waals surface area contributed by atoms with Crippen molar-refractivity contribution in [3.63, 3.8) is 0 Å². The molecule has 1 fully saturated rings. The summed E-state index contributed by atoms with van der Waals surface area (Å²) in [6.45, 7) is 0. The summed E-state index contributed by atoms with van der Waals surface area (Å²) in [6.07, 6.45) is 3.68. The Morgan fingerprint density at radius 2 is 1.93 bits per heavy atom. The molecular weight excluding hydrogens is 191 g/mol. The van der Waals surface area contributed by atoms with Gasteiger partial charge in [0.1, 0.15) is 11.4 Å². The quantitative estimate of drug-likeness (QED) is 0.803. The highest BCUT2D eigenvalue weighted by molar-refractivity contribution is 5.49. The molecule has 15 heavy (non-hydrogen) atoms. The molecule has 1 saturated carbocycles. The van der Waals surface area contributed by atoms with Crippen molar-refractivity contribution in [2.24, 2.45) is 0 Å². The third-order valence-corrected chi connectivity index (χ3v) is 2.92. The van der Waals surface area contributed by atoms with Crippen molar-refractivity contribution in [1.29, 1.82) is 5.26 Å². The van der Waals surface area contributed by atoms with Gasteiger partial charge >= 0.3 is 0 Å². The van der Waals surface area contributed by atoms with Gasteiger partial charge < -0.3 is 5.32 Å². The van der Waals surface area contributed by atoms with Crippen LogP contribution in [0.5, 0.6) is 0 Å². The van der Waals surface area contributed by atoms with Crippen LogP contribution in [0.4, 0.5) is 10.1 Å². The number of nitrogens with one attached hydrogen (secondary N) is 1. The first-order chi connectivity index (χ1) is 7.26. The van der Waals surface area contributed by atoms with Crippen LogP contribution in [-0.2, 0) is 0 Å². The lowest BCUT2D eigenvalue weighted by Crippen LogP contribution is -2.33. The van der Waals surface area contributed by atoms with Crippen molar-refractivity contribution >= 4 is 5.69 Å². The van der Waals surface area contributed by atoms with Gasteiger partial charge in [-0.3, -0.25) is 0 Å². The minimum absolute atomic E-state index is 0.293. The van der Waals surface area contributed by atoms with Crippen LogP contribution in [0, 0.1) is 17.1 Å². The molecule has 1 N–H and O–H groups in total. The number of halogens is 1.